The van der Waals surface area contributed by atoms with Gasteiger partial charge in [-0.05, 0) is 89.3 Å². The summed E-state index contributed by atoms with van der Waals surface area (Å²) in [6.45, 7) is 12.6. The molecular weight excluding hydrogens is 488 g/mol. The van der Waals surface area contributed by atoms with Crippen molar-refractivity contribution >= 4 is 29.3 Å². The van der Waals surface area contributed by atoms with Gasteiger partial charge < -0.3 is 15.0 Å². The molecule has 0 unspecified atom stereocenters. The van der Waals surface area contributed by atoms with Gasteiger partial charge in [0.15, 0.2) is 0 Å². The number of rotatable bonds is 4. The third-order valence-corrected chi connectivity index (χ3v) is 7.10. The lowest BCUT2D eigenvalue weighted by Gasteiger charge is -2.34. The highest BCUT2D eigenvalue weighted by Crippen LogP contribution is 2.34. The van der Waals surface area contributed by atoms with Gasteiger partial charge in [0, 0.05) is 29.7 Å². The van der Waals surface area contributed by atoms with E-state index < -0.39 is 5.60 Å². The average Bonchev–Trinajstić information content (AvgIpc) is 3.27. The fraction of sp³-hybridized carbons (Fsp3) is 0.414. The van der Waals surface area contributed by atoms with E-state index in [9.17, 15) is 9.59 Å². The van der Waals surface area contributed by atoms with E-state index >= 15 is 0 Å². The van der Waals surface area contributed by atoms with E-state index in [1.54, 1.807) is 11.1 Å². The first-order chi connectivity index (χ1) is 17.4. The second-order valence-corrected chi connectivity index (χ2v) is 11.2. The molecule has 4 rings (SSSR count). The quantitative estimate of drug-likeness (QED) is 0.408. The lowest BCUT2D eigenvalue weighted by Crippen LogP contribution is -2.41. The number of nitrogens with one attached hydrogen (secondary N) is 1. The Balaban J connectivity index is 1.67. The number of ether oxygens (including phenoxy) is 1. The number of amides is 2. The molecule has 1 N–H and O–H groups in total. The molecule has 0 saturated carbocycles. The van der Waals surface area contributed by atoms with Crippen molar-refractivity contribution in [1.82, 2.24) is 14.7 Å². The molecule has 1 fully saturated rings. The van der Waals surface area contributed by atoms with Crippen molar-refractivity contribution in [3.8, 4) is 5.69 Å². The van der Waals surface area contributed by atoms with Gasteiger partial charge in [0.1, 0.15) is 5.60 Å². The van der Waals surface area contributed by atoms with E-state index in [4.69, 9.17) is 16.3 Å². The third kappa shape index (κ3) is 5.99. The molecule has 2 amide bonds. The van der Waals surface area contributed by atoms with E-state index in [0.29, 0.717) is 36.5 Å². The Morgan fingerprint density at radius 1 is 1.08 bits per heavy atom. The van der Waals surface area contributed by atoms with Gasteiger partial charge in [-0.2, -0.15) is 5.10 Å². The Hall–Kier alpha value is -3.32. The predicted molar refractivity (Wildman–Crippen MR) is 147 cm³/mol. The van der Waals surface area contributed by atoms with Gasteiger partial charge >= 0.3 is 6.09 Å². The van der Waals surface area contributed by atoms with Crippen molar-refractivity contribution in [2.45, 2.75) is 65.9 Å². The van der Waals surface area contributed by atoms with Gasteiger partial charge in [0.25, 0.3) is 5.91 Å². The van der Waals surface area contributed by atoms with Crippen molar-refractivity contribution in [3.05, 3.63) is 75.6 Å². The number of hydrogen-bond donors (Lipinski definition) is 1. The van der Waals surface area contributed by atoms with Crippen LogP contribution in [0.25, 0.3) is 5.69 Å². The first kappa shape index (κ1) is 26.7. The minimum atomic E-state index is -0.546. The number of likely N-dealkylation sites (tertiary alicyclic amines) is 1. The summed E-state index contributed by atoms with van der Waals surface area (Å²) in [5.74, 6) is -0.178. The molecule has 1 aliphatic heterocycles. The molecule has 2 aromatic carbocycles. The lowest BCUT2D eigenvalue weighted by atomic mass is 9.90. The summed E-state index contributed by atoms with van der Waals surface area (Å²) in [6, 6.07) is 11.7. The summed E-state index contributed by atoms with van der Waals surface area (Å²) < 4.78 is 7.41. The zero-order valence-corrected chi connectivity index (χ0v) is 23.1. The number of aromatic nitrogens is 2. The minimum Gasteiger partial charge on any atom is -0.444 e. The van der Waals surface area contributed by atoms with Crippen molar-refractivity contribution < 1.29 is 14.3 Å². The topological polar surface area (TPSA) is 76.5 Å². The monoisotopic (exact) mass is 522 g/mol. The van der Waals surface area contributed by atoms with Crippen molar-refractivity contribution in [2.24, 2.45) is 0 Å². The van der Waals surface area contributed by atoms with Gasteiger partial charge in [-0.3, -0.25) is 4.79 Å². The third-order valence-electron chi connectivity index (χ3n) is 6.69. The van der Waals surface area contributed by atoms with Crippen molar-refractivity contribution in [2.75, 3.05) is 18.4 Å². The second-order valence-electron chi connectivity index (χ2n) is 10.8. The number of piperidine rings is 1. The predicted octanol–water partition coefficient (Wildman–Crippen LogP) is 6.82. The SMILES string of the molecule is Cc1ccc(C)c(NC(=O)c2cnn(-c3cccc(Cl)c3C)c2C2CCN(C(=O)OC(C)(C)C)CC2)c1. The van der Waals surface area contributed by atoms with Crippen LogP contribution in [0.5, 0.6) is 0 Å². The van der Waals surface area contributed by atoms with Crippen LogP contribution in [0.2, 0.25) is 5.02 Å². The van der Waals surface area contributed by atoms with Crippen LogP contribution in [0.1, 0.15) is 72.3 Å². The number of hydrogen-bond acceptors (Lipinski definition) is 4. The molecule has 7 nitrogen and oxygen atoms in total. The van der Waals surface area contributed by atoms with Crippen LogP contribution in [-0.2, 0) is 4.74 Å². The van der Waals surface area contributed by atoms with Crippen LogP contribution in [0.15, 0.2) is 42.6 Å². The van der Waals surface area contributed by atoms with Gasteiger partial charge in [0.2, 0.25) is 0 Å². The largest absolute Gasteiger partial charge is 0.444 e. The van der Waals surface area contributed by atoms with Gasteiger partial charge in [0.05, 0.1) is 23.1 Å². The first-order valence-electron chi connectivity index (χ1n) is 12.6. The average molecular weight is 523 g/mol. The highest BCUT2D eigenvalue weighted by Gasteiger charge is 2.32. The normalized spacial score (nSPS) is 14.5. The molecule has 37 heavy (non-hydrogen) atoms. The summed E-state index contributed by atoms with van der Waals surface area (Å²) in [6.07, 6.45) is 2.71. The van der Waals surface area contributed by atoms with Crippen LogP contribution in [-0.4, -0.2) is 45.4 Å². The molecule has 2 heterocycles. The molecule has 1 aliphatic rings. The molecule has 0 spiro atoms. The highest BCUT2D eigenvalue weighted by atomic mass is 35.5. The van der Waals surface area contributed by atoms with Gasteiger partial charge in [-0.1, -0.05) is 29.8 Å². The number of carbonyl (C=O) groups is 2. The van der Waals surface area contributed by atoms with Crippen LogP contribution in [0, 0.1) is 20.8 Å². The Morgan fingerprint density at radius 3 is 2.46 bits per heavy atom. The summed E-state index contributed by atoms with van der Waals surface area (Å²) in [4.78, 5) is 28.0. The molecule has 8 heteroatoms. The fourth-order valence-corrected chi connectivity index (χ4v) is 4.83. The lowest BCUT2D eigenvalue weighted by molar-refractivity contribution is 0.0203. The van der Waals surface area contributed by atoms with E-state index in [-0.39, 0.29) is 17.9 Å². The standard InChI is InChI=1S/C29H35ClN4O3/c1-18-10-11-19(2)24(16-18)32-27(35)22-17-31-34(25-9-7-8-23(30)20(25)3)26(22)21-12-14-33(15-13-21)28(36)37-29(4,5)6/h7-11,16-17,21H,12-15H2,1-6H3,(H,32,35). The van der Waals surface area contributed by atoms with E-state index in [2.05, 4.69) is 10.4 Å². The molecule has 1 saturated heterocycles. The smallest absolute Gasteiger partial charge is 0.410 e. The van der Waals surface area contributed by atoms with Crippen molar-refractivity contribution in [3.63, 3.8) is 0 Å². The zero-order valence-electron chi connectivity index (χ0n) is 22.4. The van der Waals surface area contributed by atoms with E-state index in [1.165, 1.54) is 0 Å². The molecule has 1 aromatic heterocycles. The summed E-state index contributed by atoms with van der Waals surface area (Å²) in [5, 5.41) is 8.39. The summed E-state index contributed by atoms with van der Waals surface area (Å²) in [5.41, 5.74) is 5.38. The number of nitrogens with zero attached hydrogens (tertiary/aromatic N) is 3. The molecule has 0 bridgehead atoms. The maximum absolute atomic E-state index is 13.6. The highest BCUT2D eigenvalue weighted by molar-refractivity contribution is 6.31. The molecule has 196 valence electrons. The molecule has 0 atom stereocenters. The Morgan fingerprint density at radius 2 is 1.78 bits per heavy atom. The van der Waals surface area contributed by atoms with Crippen LogP contribution in [0.4, 0.5) is 10.5 Å². The summed E-state index contributed by atoms with van der Waals surface area (Å²) in [7, 11) is 0. The fourth-order valence-electron chi connectivity index (χ4n) is 4.67. The van der Waals surface area contributed by atoms with Crippen LogP contribution < -0.4 is 5.32 Å². The van der Waals surface area contributed by atoms with Gasteiger partial charge in [-0.25, -0.2) is 9.48 Å². The Kier molecular flexibility index (Phi) is 7.64. The van der Waals surface area contributed by atoms with Gasteiger partial charge in [-0.15, -0.1) is 0 Å². The maximum Gasteiger partial charge on any atom is 0.410 e. The second kappa shape index (κ2) is 10.6. The van der Waals surface area contributed by atoms with Crippen LogP contribution in [0.3, 0.4) is 0 Å². The summed E-state index contributed by atoms with van der Waals surface area (Å²) >= 11 is 6.44. The van der Waals surface area contributed by atoms with E-state index in [0.717, 1.165) is 33.8 Å². The number of benzene rings is 2. The first-order valence-corrected chi connectivity index (χ1v) is 13.0. The number of carbonyl (C=O) groups excluding carboxylic acids is 2. The zero-order chi connectivity index (χ0) is 26.9. The Labute approximate surface area is 223 Å². The molecule has 3 aromatic rings. The van der Waals surface area contributed by atoms with Crippen molar-refractivity contribution in [1.29, 1.82) is 0 Å². The number of aryl methyl sites for hydroxylation is 2. The van der Waals surface area contributed by atoms with Crippen LogP contribution >= 0.6 is 11.6 Å². The molecular formula is C29H35ClN4O3. The number of anilines is 1. The minimum absolute atomic E-state index is 0.0268. The molecule has 0 aliphatic carbocycles. The maximum atomic E-state index is 13.6. The number of halogens is 1. The van der Waals surface area contributed by atoms with E-state index in [1.807, 2.05) is 82.6 Å². The Bertz CT molecular complexity index is 1320. The molecule has 0 radical (unpaired) electrons.